The van der Waals surface area contributed by atoms with Crippen LogP contribution >= 0.6 is 0 Å². The number of pyridine rings is 1. The standard InChI is InChI=1S/C15H25N3/c1-3-18(11-13-6-4-7-13)12-15-9-5-8-14(17-15)10-16-2/h5,8-9,13,16H,3-4,6-7,10-12H2,1-2H3. The van der Waals surface area contributed by atoms with Gasteiger partial charge in [-0.2, -0.15) is 0 Å². The summed E-state index contributed by atoms with van der Waals surface area (Å²) in [5.74, 6) is 0.936. The van der Waals surface area contributed by atoms with E-state index in [4.69, 9.17) is 4.98 Å². The van der Waals surface area contributed by atoms with Gasteiger partial charge >= 0.3 is 0 Å². The van der Waals surface area contributed by atoms with Gasteiger partial charge in [-0.1, -0.05) is 19.4 Å². The van der Waals surface area contributed by atoms with E-state index in [1.54, 1.807) is 0 Å². The number of aromatic nitrogens is 1. The maximum absolute atomic E-state index is 4.70. The largest absolute Gasteiger partial charge is 0.314 e. The minimum Gasteiger partial charge on any atom is -0.314 e. The van der Waals surface area contributed by atoms with Crippen LogP contribution in [0, 0.1) is 5.92 Å². The second-order valence-electron chi connectivity index (χ2n) is 5.28. The second kappa shape index (κ2) is 6.86. The van der Waals surface area contributed by atoms with Gasteiger partial charge in [0, 0.05) is 19.6 Å². The Morgan fingerprint density at radius 3 is 2.72 bits per heavy atom. The van der Waals surface area contributed by atoms with E-state index in [1.165, 1.54) is 31.5 Å². The van der Waals surface area contributed by atoms with E-state index >= 15 is 0 Å². The SMILES string of the molecule is CCN(Cc1cccc(CNC)n1)CC1CCC1. The van der Waals surface area contributed by atoms with Crippen LogP contribution in [0.25, 0.3) is 0 Å². The topological polar surface area (TPSA) is 28.2 Å². The van der Waals surface area contributed by atoms with Crippen LogP contribution in [0.5, 0.6) is 0 Å². The van der Waals surface area contributed by atoms with Crippen molar-refractivity contribution in [3.63, 3.8) is 0 Å². The molecule has 1 aliphatic rings. The van der Waals surface area contributed by atoms with Crippen LogP contribution in [0.1, 0.15) is 37.6 Å². The van der Waals surface area contributed by atoms with Crippen LogP contribution in [-0.4, -0.2) is 30.0 Å². The Morgan fingerprint density at radius 2 is 2.11 bits per heavy atom. The molecule has 1 fully saturated rings. The maximum Gasteiger partial charge on any atom is 0.0547 e. The van der Waals surface area contributed by atoms with E-state index in [-0.39, 0.29) is 0 Å². The van der Waals surface area contributed by atoms with Crippen LogP contribution in [0.2, 0.25) is 0 Å². The lowest BCUT2D eigenvalue weighted by Crippen LogP contribution is -2.32. The van der Waals surface area contributed by atoms with E-state index in [0.29, 0.717) is 0 Å². The minimum atomic E-state index is 0.850. The molecule has 3 heteroatoms. The summed E-state index contributed by atoms with van der Waals surface area (Å²) >= 11 is 0. The highest BCUT2D eigenvalue weighted by molar-refractivity contribution is 5.11. The van der Waals surface area contributed by atoms with Gasteiger partial charge in [-0.25, -0.2) is 0 Å². The molecule has 0 unspecified atom stereocenters. The minimum absolute atomic E-state index is 0.850. The summed E-state index contributed by atoms with van der Waals surface area (Å²) in [5.41, 5.74) is 2.33. The average Bonchev–Trinajstić information content (AvgIpc) is 2.33. The van der Waals surface area contributed by atoms with Gasteiger partial charge in [0.1, 0.15) is 0 Å². The first-order valence-corrected chi connectivity index (χ1v) is 7.13. The zero-order valence-electron chi connectivity index (χ0n) is 11.7. The van der Waals surface area contributed by atoms with Gasteiger partial charge in [0.25, 0.3) is 0 Å². The van der Waals surface area contributed by atoms with Crippen LogP contribution < -0.4 is 5.32 Å². The highest BCUT2D eigenvalue weighted by Crippen LogP contribution is 2.27. The zero-order valence-corrected chi connectivity index (χ0v) is 11.7. The fourth-order valence-electron chi connectivity index (χ4n) is 2.47. The third-order valence-electron chi connectivity index (χ3n) is 3.80. The smallest absolute Gasteiger partial charge is 0.0547 e. The van der Waals surface area contributed by atoms with Gasteiger partial charge in [-0.15, -0.1) is 0 Å². The predicted molar refractivity (Wildman–Crippen MR) is 75.3 cm³/mol. The Labute approximate surface area is 111 Å². The lowest BCUT2D eigenvalue weighted by atomic mass is 9.85. The van der Waals surface area contributed by atoms with Gasteiger partial charge in [0.15, 0.2) is 0 Å². The summed E-state index contributed by atoms with van der Waals surface area (Å²) in [7, 11) is 1.96. The van der Waals surface area contributed by atoms with Gasteiger partial charge in [0.05, 0.1) is 11.4 Å². The zero-order chi connectivity index (χ0) is 12.8. The molecule has 1 aromatic heterocycles. The Morgan fingerprint density at radius 1 is 1.33 bits per heavy atom. The molecule has 2 rings (SSSR count). The molecule has 1 N–H and O–H groups in total. The first kappa shape index (κ1) is 13.5. The summed E-state index contributed by atoms with van der Waals surface area (Å²) in [4.78, 5) is 7.22. The van der Waals surface area contributed by atoms with Gasteiger partial charge in [0.2, 0.25) is 0 Å². The van der Waals surface area contributed by atoms with E-state index in [2.05, 4.69) is 35.3 Å². The summed E-state index contributed by atoms with van der Waals surface area (Å²) in [6, 6.07) is 6.34. The Bertz CT molecular complexity index is 361. The Balaban J connectivity index is 1.90. The molecule has 0 atom stereocenters. The number of nitrogens with one attached hydrogen (secondary N) is 1. The Kier molecular flexibility index (Phi) is 5.14. The van der Waals surface area contributed by atoms with Crippen LogP contribution in [-0.2, 0) is 13.1 Å². The Hall–Kier alpha value is -0.930. The highest BCUT2D eigenvalue weighted by atomic mass is 15.1. The predicted octanol–water partition coefficient (Wildman–Crippen LogP) is 2.42. The second-order valence-corrected chi connectivity index (χ2v) is 5.28. The van der Waals surface area contributed by atoms with Crippen molar-refractivity contribution >= 4 is 0 Å². The monoisotopic (exact) mass is 247 g/mol. The van der Waals surface area contributed by atoms with E-state index in [9.17, 15) is 0 Å². The molecular formula is C15H25N3. The van der Waals surface area contributed by atoms with E-state index in [1.807, 2.05) is 7.05 Å². The van der Waals surface area contributed by atoms with Gasteiger partial charge < -0.3 is 5.32 Å². The molecule has 0 aliphatic heterocycles. The van der Waals surface area contributed by atoms with Crippen molar-refractivity contribution in [2.24, 2.45) is 5.92 Å². The van der Waals surface area contributed by atoms with Crippen LogP contribution in [0.15, 0.2) is 18.2 Å². The molecule has 1 aliphatic carbocycles. The average molecular weight is 247 g/mol. The van der Waals surface area contributed by atoms with Crippen molar-refractivity contribution in [2.75, 3.05) is 20.1 Å². The summed E-state index contributed by atoms with van der Waals surface area (Å²) in [5, 5.41) is 3.15. The summed E-state index contributed by atoms with van der Waals surface area (Å²) in [6.45, 7) is 6.45. The molecule has 3 nitrogen and oxygen atoms in total. The molecule has 0 amide bonds. The normalized spacial score (nSPS) is 15.9. The third-order valence-corrected chi connectivity index (χ3v) is 3.80. The van der Waals surface area contributed by atoms with Crippen molar-refractivity contribution in [3.05, 3.63) is 29.6 Å². The molecule has 0 spiro atoms. The summed E-state index contributed by atoms with van der Waals surface area (Å²) in [6.07, 6.45) is 4.27. The third kappa shape index (κ3) is 3.79. The number of hydrogen-bond acceptors (Lipinski definition) is 3. The molecule has 0 saturated heterocycles. The number of hydrogen-bond donors (Lipinski definition) is 1. The number of rotatable bonds is 7. The first-order chi connectivity index (χ1) is 8.81. The molecule has 0 bridgehead atoms. The quantitative estimate of drug-likeness (QED) is 0.802. The molecule has 1 heterocycles. The molecule has 0 radical (unpaired) electrons. The molecule has 1 aromatic rings. The van der Waals surface area contributed by atoms with Crippen LogP contribution in [0.3, 0.4) is 0 Å². The molecule has 0 aromatic carbocycles. The number of nitrogens with zero attached hydrogens (tertiary/aromatic N) is 2. The van der Waals surface area contributed by atoms with Crippen molar-refractivity contribution in [1.82, 2.24) is 15.2 Å². The van der Waals surface area contributed by atoms with Crippen molar-refractivity contribution < 1.29 is 0 Å². The van der Waals surface area contributed by atoms with Crippen molar-refractivity contribution in [3.8, 4) is 0 Å². The summed E-state index contributed by atoms with van der Waals surface area (Å²) < 4.78 is 0. The van der Waals surface area contributed by atoms with Gasteiger partial charge in [-0.05, 0) is 44.5 Å². The lowest BCUT2D eigenvalue weighted by Gasteiger charge is -2.31. The lowest BCUT2D eigenvalue weighted by molar-refractivity contribution is 0.176. The molecule has 100 valence electrons. The molecular weight excluding hydrogens is 222 g/mol. The van der Waals surface area contributed by atoms with E-state index < -0.39 is 0 Å². The fourth-order valence-corrected chi connectivity index (χ4v) is 2.47. The van der Waals surface area contributed by atoms with Crippen molar-refractivity contribution in [1.29, 1.82) is 0 Å². The van der Waals surface area contributed by atoms with Gasteiger partial charge in [-0.3, -0.25) is 9.88 Å². The maximum atomic E-state index is 4.70. The van der Waals surface area contributed by atoms with E-state index in [0.717, 1.165) is 31.2 Å². The fraction of sp³-hybridized carbons (Fsp3) is 0.667. The molecule has 18 heavy (non-hydrogen) atoms. The first-order valence-electron chi connectivity index (χ1n) is 7.13. The van der Waals surface area contributed by atoms with Crippen LogP contribution in [0.4, 0.5) is 0 Å². The molecule has 1 saturated carbocycles. The highest BCUT2D eigenvalue weighted by Gasteiger charge is 2.20. The van der Waals surface area contributed by atoms with Crippen molar-refractivity contribution in [2.45, 2.75) is 39.3 Å².